The van der Waals surface area contributed by atoms with E-state index in [0.29, 0.717) is 23.6 Å². The summed E-state index contributed by atoms with van der Waals surface area (Å²) in [7, 11) is 0. The molecule has 1 atom stereocenters. The molecular weight excluding hydrogens is 494 g/mol. The molecule has 0 bridgehead atoms. The molecule has 0 aromatic heterocycles. The molecule has 3 aromatic carbocycles. The van der Waals surface area contributed by atoms with Gasteiger partial charge in [-0.15, -0.1) is 0 Å². The van der Waals surface area contributed by atoms with Crippen LogP contribution in [0.3, 0.4) is 0 Å². The van der Waals surface area contributed by atoms with Crippen molar-refractivity contribution in [3.63, 3.8) is 0 Å². The number of amides is 1. The van der Waals surface area contributed by atoms with Gasteiger partial charge in [0.1, 0.15) is 11.5 Å². The molecule has 1 saturated heterocycles. The summed E-state index contributed by atoms with van der Waals surface area (Å²) in [5, 5.41) is 11.6. The number of hydrogen-bond acceptors (Lipinski definition) is 6. The number of Topliss-reactive ketones (excluding diaryl/α,β-unsaturated/α-hetero) is 1. The number of ether oxygens (including phenoxy) is 2. The first kappa shape index (κ1) is 26.0. The number of halogens is 1. The fraction of sp³-hybridized carbons (Fsp3) is 0.207. The van der Waals surface area contributed by atoms with Crippen LogP contribution in [-0.2, 0) is 14.3 Å². The van der Waals surface area contributed by atoms with Gasteiger partial charge in [0.15, 0.2) is 0 Å². The lowest BCUT2D eigenvalue weighted by atomic mass is 9.94. The fourth-order valence-electron chi connectivity index (χ4n) is 4.34. The number of aryl methyl sites for hydroxylation is 1. The van der Waals surface area contributed by atoms with Gasteiger partial charge in [0, 0.05) is 11.3 Å². The summed E-state index contributed by atoms with van der Waals surface area (Å²) in [6.45, 7) is 6.00. The van der Waals surface area contributed by atoms with Crippen LogP contribution in [0.15, 0.2) is 72.3 Å². The van der Waals surface area contributed by atoms with E-state index in [4.69, 9.17) is 21.1 Å². The van der Waals surface area contributed by atoms with Gasteiger partial charge in [-0.2, -0.15) is 0 Å². The maximum atomic E-state index is 13.4. The molecule has 1 amide bonds. The van der Waals surface area contributed by atoms with E-state index in [1.807, 2.05) is 32.0 Å². The number of nitrogens with zero attached hydrogens (tertiary/aromatic N) is 1. The maximum absolute atomic E-state index is 13.4. The summed E-state index contributed by atoms with van der Waals surface area (Å²) < 4.78 is 10.6. The second kappa shape index (κ2) is 10.9. The Kier molecular flexibility index (Phi) is 7.64. The predicted molar refractivity (Wildman–Crippen MR) is 141 cm³/mol. The third-order valence-electron chi connectivity index (χ3n) is 5.94. The number of anilines is 1. The van der Waals surface area contributed by atoms with Crippen molar-refractivity contribution in [1.29, 1.82) is 0 Å². The van der Waals surface area contributed by atoms with Gasteiger partial charge >= 0.3 is 5.97 Å². The molecule has 1 aliphatic heterocycles. The Labute approximate surface area is 219 Å². The molecular formula is C29H26ClNO6. The van der Waals surface area contributed by atoms with Crippen molar-refractivity contribution in [2.24, 2.45) is 0 Å². The Morgan fingerprint density at radius 1 is 1.00 bits per heavy atom. The average molecular weight is 520 g/mol. The van der Waals surface area contributed by atoms with Crippen LogP contribution in [0.2, 0.25) is 5.02 Å². The van der Waals surface area contributed by atoms with Crippen LogP contribution in [0.25, 0.3) is 5.76 Å². The van der Waals surface area contributed by atoms with E-state index in [1.54, 1.807) is 43.3 Å². The lowest BCUT2D eigenvalue weighted by molar-refractivity contribution is -0.132. The van der Waals surface area contributed by atoms with E-state index < -0.39 is 29.5 Å². The third kappa shape index (κ3) is 5.08. The normalized spacial score (nSPS) is 16.6. The number of benzene rings is 3. The Bertz CT molecular complexity index is 1410. The second-order valence-electron chi connectivity index (χ2n) is 8.43. The minimum atomic E-state index is -0.968. The van der Waals surface area contributed by atoms with Crippen molar-refractivity contribution in [2.45, 2.75) is 26.8 Å². The summed E-state index contributed by atoms with van der Waals surface area (Å²) in [5.41, 5.74) is 2.11. The predicted octanol–water partition coefficient (Wildman–Crippen LogP) is 5.85. The van der Waals surface area contributed by atoms with Gasteiger partial charge in [-0.3, -0.25) is 14.5 Å². The SMILES string of the molecule is CCOC(=O)c1cccc(N2C(=O)C(=O)/C(=C(/O)c3cc(OCC)ccc3Cl)C2c2cccc(C)c2)c1. The fourth-order valence-corrected chi connectivity index (χ4v) is 4.55. The molecule has 0 saturated carbocycles. The number of rotatable bonds is 7. The minimum absolute atomic E-state index is 0.118. The van der Waals surface area contributed by atoms with Crippen LogP contribution in [0.5, 0.6) is 5.75 Å². The van der Waals surface area contributed by atoms with Crippen molar-refractivity contribution in [2.75, 3.05) is 18.1 Å². The number of carbonyl (C=O) groups excluding carboxylic acids is 3. The highest BCUT2D eigenvalue weighted by Crippen LogP contribution is 2.43. The zero-order valence-corrected chi connectivity index (χ0v) is 21.4. The molecule has 0 aliphatic carbocycles. The lowest BCUT2D eigenvalue weighted by Crippen LogP contribution is -2.29. The van der Waals surface area contributed by atoms with E-state index in [0.717, 1.165) is 5.56 Å². The topological polar surface area (TPSA) is 93.1 Å². The van der Waals surface area contributed by atoms with E-state index in [2.05, 4.69) is 0 Å². The third-order valence-corrected chi connectivity index (χ3v) is 6.27. The number of aliphatic hydroxyl groups is 1. The number of hydrogen-bond donors (Lipinski definition) is 1. The summed E-state index contributed by atoms with van der Waals surface area (Å²) in [6, 6.07) is 17.4. The molecule has 0 radical (unpaired) electrons. The van der Waals surface area contributed by atoms with Crippen LogP contribution < -0.4 is 9.64 Å². The Balaban J connectivity index is 1.94. The highest BCUT2D eigenvalue weighted by molar-refractivity contribution is 6.52. The van der Waals surface area contributed by atoms with Crippen molar-refractivity contribution in [3.8, 4) is 5.75 Å². The quantitative estimate of drug-likeness (QED) is 0.182. The molecule has 1 aliphatic rings. The molecule has 4 rings (SSSR count). The molecule has 1 fully saturated rings. The van der Waals surface area contributed by atoms with Gasteiger partial charge in [-0.05, 0) is 62.7 Å². The molecule has 8 heteroatoms. The number of esters is 1. The summed E-state index contributed by atoms with van der Waals surface area (Å²) >= 11 is 6.40. The highest BCUT2D eigenvalue weighted by Gasteiger charge is 2.47. The molecule has 37 heavy (non-hydrogen) atoms. The second-order valence-corrected chi connectivity index (χ2v) is 8.84. The monoisotopic (exact) mass is 519 g/mol. The Hall–Kier alpha value is -4.10. The van der Waals surface area contributed by atoms with Crippen molar-refractivity contribution < 1.29 is 29.0 Å². The van der Waals surface area contributed by atoms with Crippen molar-refractivity contribution >= 4 is 40.7 Å². The number of ketones is 1. The largest absolute Gasteiger partial charge is 0.507 e. The first-order valence-electron chi connectivity index (χ1n) is 11.8. The first-order valence-corrected chi connectivity index (χ1v) is 12.2. The van der Waals surface area contributed by atoms with Gasteiger partial charge < -0.3 is 14.6 Å². The summed E-state index contributed by atoms with van der Waals surface area (Å²) in [4.78, 5) is 40.5. The Morgan fingerprint density at radius 3 is 2.46 bits per heavy atom. The van der Waals surface area contributed by atoms with Gasteiger partial charge in [0.2, 0.25) is 0 Å². The first-order chi connectivity index (χ1) is 17.8. The molecule has 7 nitrogen and oxygen atoms in total. The molecule has 0 spiro atoms. The molecule has 190 valence electrons. The van der Waals surface area contributed by atoms with Crippen molar-refractivity contribution in [3.05, 3.63) is 99.6 Å². The molecule has 3 aromatic rings. The highest BCUT2D eigenvalue weighted by atomic mass is 35.5. The zero-order valence-electron chi connectivity index (χ0n) is 20.7. The van der Waals surface area contributed by atoms with Gasteiger partial charge in [0.05, 0.1) is 35.4 Å². The molecule has 1 heterocycles. The van der Waals surface area contributed by atoms with Gasteiger partial charge in [0.25, 0.3) is 11.7 Å². The maximum Gasteiger partial charge on any atom is 0.338 e. The molecule has 1 N–H and O–H groups in total. The van der Waals surface area contributed by atoms with Crippen LogP contribution in [0, 0.1) is 6.92 Å². The average Bonchev–Trinajstić information content (AvgIpc) is 3.15. The van der Waals surface area contributed by atoms with E-state index in [-0.39, 0.29) is 28.3 Å². The Morgan fingerprint density at radius 2 is 1.76 bits per heavy atom. The minimum Gasteiger partial charge on any atom is -0.507 e. The summed E-state index contributed by atoms with van der Waals surface area (Å²) in [6.07, 6.45) is 0. The van der Waals surface area contributed by atoms with Crippen molar-refractivity contribution in [1.82, 2.24) is 0 Å². The van der Waals surface area contributed by atoms with Crippen LogP contribution >= 0.6 is 11.6 Å². The zero-order chi connectivity index (χ0) is 26.7. The van der Waals surface area contributed by atoms with Gasteiger partial charge in [-0.1, -0.05) is 47.5 Å². The number of aliphatic hydroxyl groups excluding tert-OH is 1. The standard InChI is InChI=1S/C29H26ClNO6/c1-4-36-21-12-13-23(30)22(16-21)26(32)24-25(18-9-6-8-17(3)14-18)31(28(34)27(24)33)20-11-7-10-19(15-20)29(35)37-5-2/h6-16,25,32H,4-5H2,1-3H3/b26-24+. The van der Waals surface area contributed by atoms with E-state index in [9.17, 15) is 19.5 Å². The summed E-state index contributed by atoms with van der Waals surface area (Å²) in [5.74, 6) is -2.22. The van der Waals surface area contributed by atoms with Crippen LogP contribution in [0.1, 0.15) is 46.9 Å². The van der Waals surface area contributed by atoms with Gasteiger partial charge in [-0.25, -0.2) is 4.79 Å². The van der Waals surface area contributed by atoms with Crippen LogP contribution in [-0.4, -0.2) is 36.0 Å². The lowest BCUT2D eigenvalue weighted by Gasteiger charge is -2.26. The van der Waals surface area contributed by atoms with E-state index >= 15 is 0 Å². The smallest absolute Gasteiger partial charge is 0.338 e. The van der Waals surface area contributed by atoms with Crippen LogP contribution in [0.4, 0.5) is 5.69 Å². The van der Waals surface area contributed by atoms with E-state index in [1.165, 1.54) is 17.0 Å². The molecule has 1 unspecified atom stereocenters. The number of carbonyl (C=O) groups is 3.